The second kappa shape index (κ2) is 7.22. The van der Waals surface area contributed by atoms with E-state index in [2.05, 4.69) is 10.6 Å². The Kier molecular flexibility index (Phi) is 4.98. The van der Waals surface area contributed by atoms with Crippen LogP contribution in [0.4, 0.5) is 11.4 Å². The Morgan fingerprint density at radius 3 is 2.56 bits per heavy atom. The zero-order chi connectivity index (χ0) is 19.6. The van der Waals surface area contributed by atoms with Crippen LogP contribution >= 0.6 is 0 Å². The van der Waals surface area contributed by atoms with Crippen LogP contribution in [-0.4, -0.2) is 26.9 Å². The summed E-state index contributed by atoms with van der Waals surface area (Å²) in [5.74, 6) is -0.885. The lowest BCUT2D eigenvalue weighted by molar-refractivity contribution is -0.110. The molecule has 27 heavy (non-hydrogen) atoms. The molecule has 0 atom stereocenters. The van der Waals surface area contributed by atoms with Gasteiger partial charge < -0.3 is 15.4 Å². The molecule has 0 saturated carbocycles. The minimum Gasteiger partial charge on any atom is -0.462 e. The molecule has 9 heteroatoms. The first-order valence-electron chi connectivity index (χ1n) is 8.02. The van der Waals surface area contributed by atoms with Crippen molar-refractivity contribution >= 4 is 38.8 Å². The van der Waals surface area contributed by atoms with Crippen LogP contribution in [0.1, 0.15) is 22.8 Å². The number of amides is 1. The lowest BCUT2D eigenvalue weighted by Crippen LogP contribution is -2.11. The Bertz CT molecular complexity index is 1040. The van der Waals surface area contributed by atoms with E-state index in [9.17, 15) is 18.0 Å². The lowest BCUT2D eigenvalue weighted by Gasteiger charge is -2.08. The summed E-state index contributed by atoms with van der Waals surface area (Å²) in [6.45, 7) is 1.92. The van der Waals surface area contributed by atoms with Crippen LogP contribution in [0.2, 0.25) is 0 Å². The maximum absolute atomic E-state index is 12.3. The fourth-order valence-corrected chi connectivity index (χ4v) is 3.18. The molecule has 0 saturated heterocycles. The van der Waals surface area contributed by atoms with E-state index in [0.29, 0.717) is 16.9 Å². The van der Waals surface area contributed by atoms with Gasteiger partial charge >= 0.3 is 5.97 Å². The lowest BCUT2D eigenvalue weighted by atomic mass is 10.0. The van der Waals surface area contributed by atoms with Crippen LogP contribution in [0.15, 0.2) is 53.6 Å². The largest absolute Gasteiger partial charge is 0.462 e. The minimum atomic E-state index is -3.78. The Morgan fingerprint density at radius 2 is 1.93 bits per heavy atom. The minimum absolute atomic E-state index is 0.0192. The maximum atomic E-state index is 12.3. The summed E-state index contributed by atoms with van der Waals surface area (Å²) in [5, 5.41) is 10.7. The Morgan fingerprint density at radius 1 is 1.22 bits per heavy atom. The molecule has 0 fully saturated rings. The number of nitrogens with one attached hydrogen (secondary N) is 2. The number of ether oxygens (including phenoxy) is 1. The van der Waals surface area contributed by atoms with Crippen molar-refractivity contribution in [2.45, 2.75) is 11.8 Å². The van der Waals surface area contributed by atoms with Crippen molar-refractivity contribution < 1.29 is 22.7 Å². The van der Waals surface area contributed by atoms with Crippen LogP contribution in [0, 0.1) is 0 Å². The van der Waals surface area contributed by atoms with Crippen LogP contribution in [0.3, 0.4) is 0 Å². The fraction of sp³-hybridized carbons (Fsp3) is 0.111. The van der Waals surface area contributed by atoms with Gasteiger partial charge in [0.2, 0.25) is 10.0 Å². The van der Waals surface area contributed by atoms with E-state index in [1.807, 2.05) is 0 Å². The average molecular weight is 387 g/mol. The van der Waals surface area contributed by atoms with Crippen molar-refractivity contribution in [1.82, 2.24) is 0 Å². The zero-order valence-corrected chi connectivity index (χ0v) is 15.2. The number of sulfonamides is 1. The van der Waals surface area contributed by atoms with Crippen LogP contribution in [0.5, 0.6) is 0 Å². The first kappa shape index (κ1) is 18.6. The van der Waals surface area contributed by atoms with Crippen molar-refractivity contribution in [1.29, 1.82) is 0 Å². The van der Waals surface area contributed by atoms with Gasteiger partial charge in [-0.05, 0) is 43.3 Å². The Hall–Kier alpha value is -3.17. The molecule has 1 amide bonds. The molecule has 0 aromatic heterocycles. The van der Waals surface area contributed by atoms with Gasteiger partial charge in [0.25, 0.3) is 5.91 Å². The predicted molar refractivity (Wildman–Crippen MR) is 100 cm³/mol. The Balaban J connectivity index is 1.92. The van der Waals surface area contributed by atoms with E-state index >= 15 is 0 Å². The number of nitrogens with two attached hydrogens (primary N) is 1. The molecule has 140 valence electrons. The molecule has 2 aromatic carbocycles. The third-order valence-electron chi connectivity index (χ3n) is 3.89. The number of fused-ring (bicyclic) bond motifs is 1. The standard InChI is InChI=1S/C18H17N3O5S/c1-2-26-18(23)13-4-3-5-15-16(13)14(17(22)21-15)10-20-11-6-8-12(9-7-11)27(19,24)25/h3-10,20H,2H2,1H3,(H,21,22)(H2,19,24,25)/b14-10+. The smallest absolute Gasteiger partial charge is 0.338 e. The van der Waals surface area contributed by atoms with Crippen molar-refractivity contribution in [2.24, 2.45) is 5.14 Å². The van der Waals surface area contributed by atoms with Gasteiger partial charge in [0.05, 0.1) is 28.3 Å². The molecule has 1 heterocycles. The predicted octanol–water partition coefficient (Wildman–Crippen LogP) is 1.92. The molecule has 0 radical (unpaired) electrons. The van der Waals surface area contributed by atoms with Crippen LogP contribution < -0.4 is 15.8 Å². The third-order valence-corrected chi connectivity index (χ3v) is 4.82. The molecule has 0 aliphatic carbocycles. The van der Waals surface area contributed by atoms with Gasteiger partial charge in [-0.25, -0.2) is 18.4 Å². The number of hydrogen-bond donors (Lipinski definition) is 3. The molecule has 0 unspecified atom stereocenters. The molecule has 0 spiro atoms. The van der Waals surface area contributed by atoms with Gasteiger partial charge in [0, 0.05) is 17.5 Å². The molecule has 4 N–H and O–H groups in total. The number of primary sulfonamides is 1. The van der Waals surface area contributed by atoms with Crippen molar-refractivity contribution in [3.63, 3.8) is 0 Å². The van der Waals surface area contributed by atoms with E-state index < -0.39 is 16.0 Å². The number of rotatable bonds is 5. The molecular formula is C18H17N3O5S. The van der Waals surface area contributed by atoms with Gasteiger partial charge in [-0.3, -0.25) is 4.79 Å². The van der Waals surface area contributed by atoms with Gasteiger partial charge in [-0.15, -0.1) is 0 Å². The first-order chi connectivity index (χ1) is 12.8. The number of esters is 1. The van der Waals surface area contributed by atoms with Gasteiger partial charge in [-0.2, -0.15) is 0 Å². The fourth-order valence-electron chi connectivity index (χ4n) is 2.66. The molecule has 8 nitrogen and oxygen atoms in total. The summed E-state index contributed by atoms with van der Waals surface area (Å²) in [5.41, 5.74) is 2.07. The van der Waals surface area contributed by atoms with E-state index in [1.54, 1.807) is 25.1 Å². The Labute approximate surface area is 156 Å². The number of hydrogen-bond acceptors (Lipinski definition) is 6. The SMILES string of the molecule is CCOC(=O)c1cccc2c1/C(=C\Nc1ccc(S(N)(=O)=O)cc1)C(=O)N2. The van der Waals surface area contributed by atoms with E-state index in [-0.39, 0.29) is 28.5 Å². The van der Waals surface area contributed by atoms with E-state index in [0.717, 1.165) is 0 Å². The normalized spacial score (nSPS) is 14.6. The summed E-state index contributed by atoms with van der Waals surface area (Å²) >= 11 is 0. The highest BCUT2D eigenvalue weighted by Gasteiger charge is 2.29. The van der Waals surface area contributed by atoms with Gasteiger partial charge in [-0.1, -0.05) is 6.07 Å². The number of carbonyl (C=O) groups is 2. The van der Waals surface area contributed by atoms with Crippen LogP contribution in [-0.2, 0) is 19.6 Å². The van der Waals surface area contributed by atoms with Gasteiger partial charge in [0.15, 0.2) is 0 Å². The average Bonchev–Trinajstić information content (AvgIpc) is 2.95. The molecule has 1 aliphatic rings. The summed E-state index contributed by atoms with van der Waals surface area (Å²) in [6, 6.07) is 10.7. The second-order valence-corrected chi connectivity index (χ2v) is 7.24. The summed E-state index contributed by atoms with van der Waals surface area (Å²) in [6.07, 6.45) is 1.45. The molecule has 1 aliphatic heterocycles. The third kappa shape index (κ3) is 3.83. The highest BCUT2D eigenvalue weighted by atomic mass is 32.2. The highest BCUT2D eigenvalue weighted by Crippen LogP contribution is 2.35. The number of carbonyl (C=O) groups excluding carboxylic acids is 2. The summed E-state index contributed by atoms with van der Waals surface area (Å²) in [4.78, 5) is 24.5. The molecule has 0 bridgehead atoms. The highest BCUT2D eigenvalue weighted by molar-refractivity contribution is 7.89. The molecular weight excluding hydrogens is 370 g/mol. The van der Waals surface area contributed by atoms with E-state index in [4.69, 9.17) is 9.88 Å². The topological polar surface area (TPSA) is 128 Å². The van der Waals surface area contributed by atoms with E-state index in [1.165, 1.54) is 30.5 Å². The van der Waals surface area contributed by atoms with Crippen molar-refractivity contribution in [2.75, 3.05) is 17.2 Å². The van der Waals surface area contributed by atoms with Crippen molar-refractivity contribution in [3.05, 3.63) is 59.8 Å². The first-order valence-corrected chi connectivity index (χ1v) is 9.57. The number of anilines is 2. The van der Waals surface area contributed by atoms with Gasteiger partial charge in [0.1, 0.15) is 0 Å². The second-order valence-electron chi connectivity index (χ2n) is 5.67. The van der Waals surface area contributed by atoms with Crippen molar-refractivity contribution in [3.8, 4) is 0 Å². The monoisotopic (exact) mass is 387 g/mol. The summed E-state index contributed by atoms with van der Waals surface area (Å²) in [7, 11) is -3.78. The zero-order valence-electron chi connectivity index (χ0n) is 14.4. The van der Waals surface area contributed by atoms with Crippen LogP contribution in [0.25, 0.3) is 5.57 Å². The molecule has 3 rings (SSSR count). The molecule has 2 aromatic rings. The maximum Gasteiger partial charge on any atom is 0.338 e. The quantitative estimate of drug-likeness (QED) is 0.531. The summed E-state index contributed by atoms with van der Waals surface area (Å²) < 4.78 is 27.6. The number of benzene rings is 2.